The number of alkyl carbamates (subject to hydrolysis) is 1. The number of ether oxygens (including phenoxy) is 2. The highest BCUT2D eigenvalue weighted by atomic mass is 19.3. The van der Waals surface area contributed by atoms with Crippen LogP contribution in [0.1, 0.15) is 38.8 Å². The van der Waals surface area contributed by atoms with Crippen LogP contribution in [0.2, 0.25) is 0 Å². The zero-order valence-electron chi connectivity index (χ0n) is 22.4. The van der Waals surface area contributed by atoms with E-state index in [1.54, 1.807) is 63.2 Å². The first-order valence-electron chi connectivity index (χ1n) is 12.5. The fourth-order valence-electron chi connectivity index (χ4n) is 3.72. The summed E-state index contributed by atoms with van der Waals surface area (Å²) in [7, 11) is 0. The molecule has 9 heteroatoms. The van der Waals surface area contributed by atoms with Crippen molar-refractivity contribution in [2.45, 2.75) is 64.5 Å². The first-order valence-corrected chi connectivity index (χ1v) is 12.5. The van der Waals surface area contributed by atoms with Crippen LogP contribution in [0.15, 0.2) is 84.9 Å². The number of carbonyl (C=O) groups is 2. The third kappa shape index (κ3) is 8.51. The minimum Gasteiger partial charge on any atom is -0.489 e. The topological polar surface area (TPSA) is 88.1 Å². The molecule has 0 aliphatic carbocycles. The van der Waals surface area contributed by atoms with Crippen molar-refractivity contribution in [1.82, 2.24) is 5.32 Å². The first-order chi connectivity index (χ1) is 18.4. The van der Waals surface area contributed by atoms with Crippen LogP contribution >= 0.6 is 0 Å². The quantitative estimate of drug-likeness (QED) is 0.344. The number of nitrogens with one attached hydrogen (secondary N) is 1. The van der Waals surface area contributed by atoms with Gasteiger partial charge in [-0.25, -0.2) is 4.79 Å². The Morgan fingerprint density at radius 2 is 1.51 bits per heavy atom. The molecule has 2 atom stereocenters. The van der Waals surface area contributed by atoms with Crippen LogP contribution in [0.5, 0.6) is 5.75 Å². The minimum absolute atomic E-state index is 0.161. The van der Waals surface area contributed by atoms with Crippen LogP contribution in [0.3, 0.4) is 0 Å². The highest BCUT2D eigenvalue weighted by Crippen LogP contribution is 2.31. The number of alkyl halides is 2. The summed E-state index contributed by atoms with van der Waals surface area (Å²) < 4.78 is 41.9. The Hall–Kier alpha value is -3.98. The molecule has 0 fully saturated rings. The number of hydrogen-bond donors (Lipinski definition) is 2. The second-order valence-electron chi connectivity index (χ2n) is 10.2. The van der Waals surface area contributed by atoms with Gasteiger partial charge in [-0.2, -0.15) is 8.78 Å². The van der Waals surface area contributed by atoms with Crippen molar-refractivity contribution in [1.29, 1.82) is 0 Å². The number of halogens is 2. The van der Waals surface area contributed by atoms with Gasteiger partial charge in [-0.1, -0.05) is 66.7 Å². The molecule has 0 saturated carbocycles. The van der Waals surface area contributed by atoms with Gasteiger partial charge >= 0.3 is 17.9 Å². The number of aliphatic hydroxyl groups excluding tert-OH is 1. The van der Waals surface area contributed by atoms with Crippen molar-refractivity contribution in [2.75, 3.05) is 4.90 Å². The summed E-state index contributed by atoms with van der Waals surface area (Å²) in [4.78, 5) is 26.3. The van der Waals surface area contributed by atoms with Crippen LogP contribution in [0, 0.1) is 0 Å². The van der Waals surface area contributed by atoms with E-state index in [4.69, 9.17) is 9.47 Å². The summed E-state index contributed by atoms with van der Waals surface area (Å²) in [5.74, 6) is -5.49. The molecule has 39 heavy (non-hydrogen) atoms. The molecule has 2 N–H and O–H groups in total. The van der Waals surface area contributed by atoms with Gasteiger partial charge < -0.3 is 24.8 Å². The molecule has 0 aromatic heterocycles. The van der Waals surface area contributed by atoms with E-state index in [1.807, 2.05) is 30.3 Å². The number of anilines is 1. The molecule has 2 amide bonds. The lowest BCUT2D eigenvalue weighted by atomic mass is 10.0. The van der Waals surface area contributed by atoms with E-state index in [-0.39, 0.29) is 18.8 Å². The van der Waals surface area contributed by atoms with E-state index in [0.29, 0.717) is 11.3 Å². The largest absolute Gasteiger partial charge is 0.489 e. The summed E-state index contributed by atoms with van der Waals surface area (Å²) in [6, 6.07) is 22.9. The van der Waals surface area contributed by atoms with Gasteiger partial charge in [-0.3, -0.25) is 4.79 Å². The van der Waals surface area contributed by atoms with Crippen molar-refractivity contribution in [3.63, 3.8) is 0 Å². The number of nitrogens with zero attached hydrogens (tertiary/aromatic N) is 1. The monoisotopic (exact) mass is 540 g/mol. The van der Waals surface area contributed by atoms with Crippen molar-refractivity contribution < 1.29 is 33.0 Å². The lowest BCUT2D eigenvalue weighted by molar-refractivity contribution is -0.163. The van der Waals surface area contributed by atoms with Gasteiger partial charge in [0.05, 0.1) is 12.6 Å². The molecule has 3 rings (SSSR count). The van der Waals surface area contributed by atoms with E-state index in [1.165, 1.54) is 19.1 Å². The normalized spacial score (nSPS) is 13.2. The van der Waals surface area contributed by atoms with E-state index in [9.17, 15) is 14.7 Å². The minimum atomic E-state index is -4.25. The maximum atomic E-state index is 15.5. The molecule has 0 saturated heterocycles. The molecule has 0 aliphatic rings. The Kier molecular flexibility index (Phi) is 9.64. The maximum Gasteiger partial charge on any atom is 0.407 e. The smallest absolute Gasteiger partial charge is 0.407 e. The molecule has 208 valence electrons. The predicted molar refractivity (Wildman–Crippen MR) is 145 cm³/mol. The first kappa shape index (κ1) is 29.6. The molecule has 0 bridgehead atoms. The molecule has 3 aromatic rings. The van der Waals surface area contributed by atoms with E-state index in [0.717, 1.165) is 10.5 Å². The summed E-state index contributed by atoms with van der Waals surface area (Å²) >= 11 is 0. The average Bonchev–Trinajstić information content (AvgIpc) is 2.90. The Bertz CT molecular complexity index is 1230. The van der Waals surface area contributed by atoms with E-state index < -0.39 is 35.7 Å². The van der Waals surface area contributed by atoms with Gasteiger partial charge in [0, 0.05) is 11.8 Å². The second-order valence-corrected chi connectivity index (χ2v) is 10.2. The van der Waals surface area contributed by atoms with Gasteiger partial charge in [-0.15, -0.1) is 0 Å². The lowest BCUT2D eigenvalue weighted by Crippen LogP contribution is -2.57. The number of rotatable bonds is 10. The summed E-state index contributed by atoms with van der Waals surface area (Å²) in [5.41, 5.74) is 0.814. The zero-order chi connectivity index (χ0) is 28.6. The van der Waals surface area contributed by atoms with Gasteiger partial charge in [0.15, 0.2) is 0 Å². The lowest BCUT2D eigenvalue weighted by Gasteiger charge is -2.32. The highest BCUT2D eigenvalue weighted by molar-refractivity contribution is 5.99. The Morgan fingerprint density at radius 1 is 0.923 bits per heavy atom. The molecule has 2 unspecified atom stereocenters. The molecular formula is C30H34F2N2O5. The van der Waals surface area contributed by atoms with Crippen LogP contribution in [0.4, 0.5) is 19.3 Å². The van der Waals surface area contributed by atoms with E-state index in [2.05, 4.69) is 5.32 Å². The molecule has 0 aliphatic heterocycles. The second kappa shape index (κ2) is 12.7. The van der Waals surface area contributed by atoms with Crippen LogP contribution in [-0.4, -0.2) is 40.8 Å². The van der Waals surface area contributed by atoms with Crippen LogP contribution < -0.4 is 15.0 Å². The third-order valence-corrected chi connectivity index (χ3v) is 5.68. The highest BCUT2D eigenvalue weighted by Gasteiger charge is 2.52. The Labute approximate surface area is 227 Å². The van der Waals surface area contributed by atoms with Crippen molar-refractivity contribution in [3.8, 4) is 5.75 Å². The molecule has 0 heterocycles. The van der Waals surface area contributed by atoms with Crippen molar-refractivity contribution >= 4 is 17.7 Å². The Morgan fingerprint density at radius 3 is 2.10 bits per heavy atom. The number of carbonyl (C=O) groups excluding carboxylic acids is 2. The average molecular weight is 541 g/mol. The van der Waals surface area contributed by atoms with Gasteiger partial charge in [0.1, 0.15) is 24.1 Å². The van der Waals surface area contributed by atoms with Gasteiger partial charge in [0.25, 0.3) is 0 Å². The van der Waals surface area contributed by atoms with Crippen LogP contribution in [0.25, 0.3) is 0 Å². The Balaban J connectivity index is 1.85. The number of hydrogen-bond acceptors (Lipinski definition) is 5. The van der Waals surface area contributed by atoms with Gasteiger partial charge in [-0.05, 0) is 51.0 Å². The molecule has 0 spiro atoms. The predicted octanol–water partition coefficient (Wildman–Crippen LogP) is 5.71. The zero-order valence-corrected chi connectivity index (χ0v) is 22.4. The van der Waals surface area contributed by atoms with Crippen LogP contribution in [-0.2, 0) is 22.7 Å². The fourth-order valence-corrected chi connectivity index (χ4v) is 3.72. The van der Waals surface area contributed by atoms with Crippen molar-refractivity contribution in [3.05, 3.63) is 96.1 Å². The van der Waals surface area contributed by atoms with E-state index >= 15 is 8.78 Å². The standard InChI is InChI=1S/C30H34F2N2O5/c1-21(33-28(37)39-29(2,3)4)26(35)30(31,32)27(36)34(19-22-12-7-5-8-13-22)24-16-11-17-25(18-24)38-20-23-14-9-6-10-15-23/h5-18,21,26,35H,19-20H2,1-4H3,(H,33,37). The summed E-state index contributed by atoms with van der Waals surface area (Å²) in [6.07, 6.45) is -3.50. The molecule has 3 aromatic carbocycles. The fraction of sp³-hybridized carbons (Fsp3) is 0.333. The summed E-state index contributed by atoms with van der Waals surface area (Å²) in [6.45, 7) is 6.09. The van der Waals surface area contributed by atoms with Crippen molar-refractivity contribution in [2.24, 2.45) is 0 Å². The SMILES string of the molecule is CC(NC(=O)OC(C)(C)C)C(O)C(F)(F)C(=O)N(Cc1ccccc1)c1cccc(OCc2ccccc2)c1. The maximum absolute atomic E-state index is 15.5. The molecular weight excluding hydrogens is 506 g/mol. The third-order valence-electron chi connectivity index (χ3n) is 5.68. The molecule has 0 radical (unpaired) electrons. The number of aliphatic hydroxyl groups is 1. The number of benzene rings is 3. The molecule has 7 nitrogen and oxygen atoms in total. The summed E-state index contributed by atoms with van der Waals surface area (Å²) in [5, 5.41) is 12.7. The number of amides is 2. The van der Waals surface area contributed by atoms with Gasteiger partial charge in [0.2, 0.25) is 0 Å².